The molecule has 184 valence electrons. The summed E-state index contributed by atoms with van der Waals surface area (Å²) in [6.07, 6.45) is 0. The molecular formula is C26H28FN3O4S. The van der Waals surface area contributed by atoms with Gasteiger partial charge in [0, 0.05) is 31.7 Å². The van der Waals surface area contributed by atoms with Gasteiger partial charge in [-0.1, -0.05) is 44.2 Å². The number of piperazine rings is 1. The minimum Gasteiger partial charge on any atom is -0.340 e. The van der Waals surface area contributed by atoms with E-state index in [0.29, 0.717) is 0 Å². The van der Waals surface area contributed by atoms with Crippen LogP contribution in [-0.2, 0) is 14.8 Å². The number of hydrogen-bond donors (Lipinski definition) is 1. The summed E-state index contributed by atoms with van der Waals surface area (Å²) in [5, 5.41) is 4.56. The van der Waals surface area contributed by atoms with Crippen molar-refractivity contribution in [3.05, 3.63) is 78.1 Å². The molecule has 3 aromatic carbocycles. The van der Waals surface area contributed by atoms with E-state index >= 15 is 0 Å². The minimum absolute atomic E-state index is 0.164. The Labute approximate surface area is 204 Å². The third-order valence-corrected chi connectivity index (χ3v) is 8.13. The Bertz CT molecular complexity index is 1330. The van der Waals surface area contributed by atoms with Crippen molar-refractivity contribution in [1.29, 1.82) is 0 Å². The SMILES string of the molecule is CC(C)[C@@H](NC(=O)c1ccc(F)cc1)C(=O)N1CCN(S(=O)(=O)c2ccc3ccccc3c2)CC1. The first-order chi connectivity index (χ1) is 16.7. The van der Waals surface area contributed by atoms with E-state index in [1.807, 2.05) is 38.1 Å². The monoisotopic (exact) mass is 497 g/mol. The summed E-state index contributed by atoms with van der Waals surface area (Å²) in [5.41, 5.74) is 0.260. The Morgan fingerprint density at radius 1 is 0.886 bits per heavy atom. The molecule has 0 spiro atoms. The highest BCUT2D eigenvalue weighted by molar-refractivity contribution is 7.89. The highest BCUT2D eigenvalue weighted by Crippen LogP contribution is 2.23. The Morgan fingerprint density at radius 3 is 2.14 bits per heavy atom. The quantitative estimate of drug-likeness (QED) is 0.566. The van der Waals surface area contributed by atoms with Gasteiger partial charge >= 0.3 is 0 Å². The number of sulfonamides is 1. The zero-order valence-electron chi connectivity index (χ0n) is 19.6. The summed E-state index contributed by atoms with van der Waals surface area (Å²) in [7, 11) is -3.70. The molecule has 35 heavy (non-hydrogen) atoms. The molecule has 7 nitrogen and oxygen atoms in total. The highest BCUT2D eigenvalue weighted by atomic mass is 32.2. The largest absolute Gasteiger partial charge is 0.340 e. The van der Waals surface area contributed by atoms with Crippen LogP contribution in [0.25, 0.3) is 10.8 Å². The molecule has 1 heterocycles. The van der Waals surface area contributed by atoms with Crippen LogP contribution in [0.15, 0.2) is 71.6 Å². The number of rotatable bonds is 6. The van der Waals surface area contributed by atoms with E-state index in [0.717, 1.165) is 10.8 Å². The number of fused-ring (bicyclic) bond motifs is 1. The van der Waals surface area contributed by atoms with Crippen LogP contribution in [0.4, 0.5) is 4.39 Å². The second kappa shape index (κ2) is 10.1. The molecule has 1 N–H and O–H groups in total. The van der Waals surface area contributed by atoms with Crippen molar-refractivity contribution in [3.8, 4) is 0 Å². The fourth-order valence-electron chi connectivity index (χ4n) is 4.16. The van der Waals surface area contributed by atoms with E-state index in [2.05, 4.69) is 5.32 Å². The Balaban J connectivity index is 1.42. The van der Waals surface area contributed by atoms with Gasteiger partial charge in [0.15, 0.2) is 0 Å². The van der Waals surface area contributed by atoms with Crippen LogP contribution < -0.4 is 5.32 Å². The van der Waals surface area contributed by atoms with E-state index in [-0.39, 0.29) is 48.5 Å². The Kier molecular flexibility index (Phi) is 7.18. The molecule has 0 aliphatic carbocycles. The second-order valence-electron chi connectivity index (χ2n) is 8.94. The summed E-state index contributed by atoms with van der Waals surface area (Å²) in [6.45, 7) is 4.43. The fraction of sp³-hybridized carbons (Fsp3) is 0.308. The summed E-state index contributed by atoms with van der Waals surface area (Å²) >= 11 is 0. The smallest absolute Gasteiger partial charge is 0.251 e. The van der Waals surface area contributed by atoms with E-state index < -0.39 is 27.8 Å². The van der Waals surface area contributed by atoms with Crippen molar-refractivity contribution in [2.75, 3.05) is 26.2 Å². The topological polar surface area (TPSA) is 86.8 Å². The molecule has 4 rings (SSSR count). The summed E-state index contributed by atoms with van der Waals surface area (Å²) in [6, 6.07) is 17.0. The number of carbonyl (C=O) groups excluding carboxylic acids is 2. The van der Waals surface area contributed by atoms with Crippen LogP contribution in [0, 0.1) is 11.7 Å². The molecule has 1 fully saturated rings. The van der Waals surface area contributed by atoms with E-state index in [4.69, 9.17) is 0 Å². The molecule has 1 aliphatic heterocycles. The van der Waals surface area contributed by atoms with Crippen molar-refractivity contribution in [1.82, 2.24) is 14.5 Å². The van der Waals surface area contributed by atoms with Gasteiger partial charge in [-0.3, -0.25) is 9.59 Å². The zero-order valence-corrected chi connectivity index (χ0v) is 20.5. The first kappa shape index (κ1) is 24.8. The lowest BCUT2D eigenvalue weighted by atomic mass is 10.0. The van der Waals surface area contributed by atoms with Crippen molar-refractivity contribution < 1.29 is 22.4 Å². The summed E-state index contributed by atoms with van der Waals surface area (Å²) < 4.78 is 41.0. The molecule has 3 aromatic rings. The lowest BCUT2D eigenvalue weighted by molar-refractivity contribution is -0.135. The van der Waals surface area contributed by atoms with Gasteiger partial charge in [0.2, 0.25) is 15.9 Å². The average molecular weight is 498 g/mol. The van der Waals surface area contributed by atoms with Crippen LogP contribution in [0.2, 0.25) is 0 Å². The van der Waals surface area contributed by atoms with Crippen molar-refractivity contribution >= 4 is 32.6 Å². The first-order valence-electron chi connectivity index (χ1n) is 11.5. The maximum Gasteiger partial charge on any atom is 0.251 e. The van der Waals surface area contributed by atoms with Gasteiger partial charge in [0.1, 0.15) is 11.9 Å². The maximum atomic E-state index is 13.2. The Morgan fingerprint density at radius 2 is 1.51 bits per heavy atom. The maximum absolute atomic E-state index is 13.2. The highest BCUT2D eigenvalue weighted by Gasteiger charge is 2.34. The number of amides is 2. The molecule has 0 saturated carbocycles. The average Bonchev–Trinajstić information content (AvgIpc) is 2.86. The predicted molar refractivity (Wildman–Crippen MR) is 132 cm³/mol. The van der Waals surface area contributed by atoms with E-state index in [1.165, 1.54) is 28.6 Å². The minimum atomic E-state index is -3.70. The van der Waals surface area contributed by atoms with Crippen LogP contribution >= 0.6 is 0 Å². The lowest BCUT2D eigenvalue weighted by Crippen LogP contribution is -2.57. The number of benzene rings is 3. The second-order valence-corrected chi connectivity index (χ2v) is 10.9. The van der Waals surface area contributed by atoms with Crippen molar-refractivity contribution in [2.24, 2.45) is 5.92 Å². The van der Waals surface area contributed by atoms with Crippen LogP contribution in [0.3, 0.4) is 0 Å². The third kappa shape index (κ3) is 5.36. The van der Waals surface area contributed by atoms with Crippen LogP contribution in [0.1, 0.15) is 24.2 Å². The molecule has 0 bridgehead atoms. The van der Waals surface area contributed by atoms with Crippen molar-refractivity contribution in [2.45, 2.75) is 24.8 Å². The lowest BCUT2D eigenvalue weighted by Gasteiger charge is -2.36. The van der Waals surface area contributed by atoms with Crippen LogP contribution in [0.5, 0.6) is 0 Å². The molecule has 2 amide bonds. The molecule has 1 aliphatic rings. The van der Waals surface area contributed by atoms with E-state index in [9.17, 15) is 22.4 Å². The molecule has 0 aromatic heterocycles. The number of halogens is 1. The number of carbonyl (C=O) groups is 2. The molecular weight excluding hydrogens is 469 g/mol. The summed E-state index contributed by atoms with van der Waals surface area (Å²) in [5.74, 6) is -1.37. The normalized spacial score (nSPS) is 15.8. The summed E-state index contributed by atoms with van der Waals surface area (Å²) in [4.78, 5) is 27.6. The number of nitrogens with zero attached hydrogens (tertiary/aromatic N) is 2. The van der Waals surface area contributed by atoms with Gasteiger partial charge in [-0.15, -0.1) is 0 Å². The molecule has 1 atom stereocenters. The molecule has 9 heteroatoms. The van der Waals surface area contributed by atoms with Gasteiger partial charge in [-0.05, 0) is 53.1 Å². The molecule has 1 saturated heterocycles. The van der Waals surface area contributed by atoms with Gasteiger partial charge in [-0.2, -0.15) is 4.31 Å². The Hall–Kier alpha value is -3.30. The van der Waals surface area contributed by atoms with Crippen LogP contribution in [-0.4, -0.2) is 61.7 Å². The molecule has 0 radical (unpaired) electrons. The van der Waals surface area contributed by atoms with Gasteiger partial charge < -0.3 is 10.2 Å². The third-order valence-electron chi connectivity index (χ3n) is 6.23. The first-order valence-corrected chi connectivity index (χ1v) is 12.9. The molecule has 0 unspecified atom stereocenters. The van der Waals surface area contributed by atoms with Gasteiger partial charge in [0.05, 0.1) is 4.90 Å². The fourth-order valence-corrected chi connectivity index (χ4v) is 5.62. The zero-order chi connectivity index (χ0) is 25.2. The predicted octanol–water partition coefficient (Wildman–Crippen LogP) is 3.27. The van der Waals surface area contributed by atoms with Gasteiger partial charge in [-0.25, -0.2) is 12.8 Å². The standard InChI is InChI=1S/C26H28FN3O4S/c1-18(2)24(28-25(31)20-7-10-22(27)11-8-20)26(32)29-13-15-30(16-14-29)35(33,34)23-12-9-19-5-3-4-6-21(19)17-23/h3-12,17-18,24H,13-16H2,1-2H3,(H,28,31)/t24-/m1/s1. The van der Waals surface area contributed by atoms with E-state index in [1.54, 1.807) is 23.1 Å². The van der Waals surface area contributed by atoms with Gasteiger partial charge in [0.25, 0.3) is 5.91 Å². The number of nitrogens with one attached hydrogen (secondary N) is 1. The number of hydrogen-bond acceptors (Lipinski definition) is 4. The van der Waals surface area contributed by atoms with Crippen molar-refractivity contribution in [3.63, 3.8) is 0 Å².